The predicted octanol–water partition coefficient (Wildman–Crippen LogP) is 3.74. The summed E-state index contributed by atoms with van der Waals surface area (Å²) in [7, 11) is 1.66. The molecule has 4 nitrogen and oxygen atoms in total. The van der Waals surface area contributed by atoms with Crippen molar-refractivity contribution in [3.63, 3.8) is 0 Å². The van der Waals surface area contributed by atoms with Crippen LogP contribution in [0.1, 0.15) is 25.3 Å². The third-order valence-electron chi connectivity index (χ3n) is 3.69. The smallest absolute Gasteiger partial charge is 0.205 e. The molecule has 0 saturated carbocycles. The number of fused-ring (bicyclic) bond motifs is 1. The molecule has 3 aromatic rings. The molecular formula is C17H19N3O. The van der Waals surface area contributed by atoms with Gasteiger partial charge in [0.15, 0.2) is 0 Å². The van der Waals surface area contributed by atoms with Gasteiger partial charge < -0.3 is 10.5 Å². The van der Waals surface area contributed by atoms with Gasteiger partial charge in [-0.1, -0.05) is 32.0 Å². The molecule has 0 aliphatic rings. The van der Waals surface area contributed by atoms with Gasteiger partial charge in [-0.3, -0.25) is 4.57 Å². The van der Waals surface area contributed by atoms with Gasteiger partial charge in [-0.15, -0.1) is 0 Å². The number of nitrogens with zero attached hydrogens (tertiary/aromatic N) is 2. The number of anilines is 1. The molecule has 1 heterocycles. The molecule has 0 aliphatic heterocycles. The summed E-state index contributed by atoms with van der Waals surface area (Å²) >= 11 is 0. The van der Waals surface area contributed by atoms with Crippen molar-refractivity contribution in [2.24, 2.45) is 0 Å². The molecule has 0 saturated heterocycles. The Balaban J connectivity index is 2.32. The van der Waals surface area contributed by atoms with Crippen LogP contribution >= 0.6 is 0 Å². The number of ether oxygens (including phenoxy) is 1. The van der Waals surface area contributed by atoms with E-state index in [-0.39, 0.29) is 0 Å². The summed E-state index contributed by atoms with van der Waals surface area (Å²) in [4.78, 5) is 4.45. The Hall–Kier alpha value is -2.49. The predicted molar refractivity (Wildman–Crippen MR) is 86.1 cm³/mol. The number of imidazole rings is 1. The van der Waals surface area contributed by atoms with Gasteiger partial charge >= 0.3 is 0 Å². The van der Waals surface area contributed by atoms with Crippen LogP contribution in [-0.2, 0) is 0 Å². The summed E-state index contributed by atoms with van der Waals surface area (Å²) < 4.78 is 7.31. The largest absolute Gasteiger partial charge is 0.497 e. The van der Waals surface area contributed by atoms with Crippen molar-refractivity contribution < 1.29 is 4.74 Å². The lowest BCUT2D eigenvalue weighted by molar-refractivity contribution is 0.415. The summed E-state index contributed by atoms with van der Waals surface area (Å²) in [6, 6.07) is 14.1. The average Bonchev–Trinajstić information content (AvgIpc) is 2.81. The zero-order valence-electron chi connectivity index (χ0n) is 12.5. The van der Waals surface area contributed by atoms with Gasteiger partial charge in [-0.2, -0.15) is 0 Å². The number of hydrogen-bond acceptors (Lipinski definition) is 3. The van der Waals surface area contributed by atoms with Crippen molar-refractivity contribution in [1.29, 1.82) is 0 Å². The highest BCUT2D eigenvalue weighted by molar-refractivity contribution is 5.82. The first-order valence-electron chi connectivity index (χ1n) is 7.03. The Bertz CT molecular complexity index is 790. The first kappa shape index (κ1) is 13.5. The number of benzene rings is 2. The van der Waals surface area contributed by atoms with Crippen LogP contribution in [0.5, 0.6) is 5.75 Å². The number of para-hydroxylation sites is 1. The van der Waals surface area contributed by atoms with Crippen LogP contribution in [0.15, 0.2) is 42.5 Å². The van der Waals surface area contributed by atoms with Gasteiger partial charge in [-0.05, 0) is 29.7 Å². The van der Waals surface area contributed by atoms with Crippen LogP contribution in [0.3, 0.4) is 0 Å². The van der Waals surface area contributed by atoms with Gasteiger partial charge in [0, 0.05) is 6.07 Å². The van der Waals surface area contributed by atoms with Crippen molar-refractivity contribution in [2.45, 2.75) is 19.8 Å². The zero-order valence-corrected chi connectivity index (χ0v) is 12.5. The second-order valence-corrected chi connectivity index (χ2v) is 5.37. The minimum atomic E-state index is 0.406. The topological polar surface area (TPSA) is 53.1 Å². The molecule has 0 aliphatic carbocycles. The Kier molecular flexibility index (Phi) is 3.29. The second-order valence-electron chi connectivity index (χ2n) is 5.37. The average molecular weight is 281 g/mol. The maximum Gasteiger partial charge on any atom is 0.205 e. The fourth-order valence-electron chi connectivity index (χ4n) is 2.63. The third-order valence-corrected chi connectivity index (χ3v) is 3.69. The Morgan fingerprint density at radius 2 is 1.90 bits per heavy atom. The van der Waals surface area contributed by atoms with Crippen molar-refractivity contribution in [3.05, 3.63) is 48.0 Å². The van der Waals surface area contributed by atoms with Crippen LogP contribution in [0.2, 0.25) is 0 Å². The molecule has 4 heteroatoms. The SMILES string of the molecule is COc1ccc2nc(N)n(-c3ccccc3C(C)C)c2c1. The maximum atomic E-state index is 6.16. The number of nitrogen functional groups attached to an aromatic ring is 1. The number of rotatable bonds is 3. The number of aromatic nitrogens is 2. The van der Waals surface area contributed by atoms with E-state index < -0.39 is 0 Å². The highest BCUT2D eigenvalue weighted by atomic mass is 16.5. The van der Waals surface area contributed by atoms with Gasteiger partial charge in [0.05, 0.1) is 23.8 Å². The molecular weight excluding hydrogens is 262 g/mol. The molecule has 0 fully saturated rings. The lowest BCUT2D eigenvalue weighted by atomic mass is 10.0. The summed E-state index contributed by atoms with van der Waals surface area (Å²) in [5.74, 6) is 1.70. The van der Waals surface area contributed by atoms with Crippen molar-refractivity contribution in [1.82, 2.24) is 9.55 Å². The van der Waals surface area contributed by atoms with E-state index in [2.05, 4.69) is 37.0 Å². The zero-order chi connectivity index (χ0) is 15.0. The summed E-state index contributed by atoms with van der Waals surface area (Å²) in [6.45, 7) is 4.35. The van der Waals surface area contributed by atoms with Crippen LogP contribution < -0.4 is 10.5 Å². The highest BCUT2D eigenvalue weighted by Gasteiger charge is 2.15. The monoisotopic (exact) mass is 281 g/mol. The molecule has 0 bridgehead atoms. The molecule has 0 amide bonds. The van der Waals surface area contributed by atoms with E-state index in [4.69, 9.17) is 10.5 Å². The minimum absolute atomic E-state index is 0.406. The summed E-state index contributed by atoms with van der Waals surface area (Å²) in [6.07, 6.45) is 0. The highest BCUT2D eigenvalue weighted by Crippen LogP contribution is 2.30. The van der Waals surface area contributed by atoms with Crippen LogP contribution in [0, 0.1) is 0 Å². The van der Waals surface area contributed by atoms with Crippen molar-refractivity contribution in [3.8, 4) is 11.4 Å². The fourth-order valence-corrected chi connectivity index (χ4v) is 2.63. The van der Waals surface area contributed by atoms with E-state index >= 15 is 0 Å². The Morgan fingerprint density at radius 3 is 2.62 bits per heavy atom. The van der Waals surface area contributed by atoms with E-state index in [1.165, 1.54) is 5.56 Å². The van der Waals surface area contributed by atoms with E-state index in [0.29, 0.717) is 11.9 Å². The van der Waals surface area contributed by atoms with Crippen LogP contribution in [-0.4, -0.2) is 16.7 Å². The van der Waals surface area contributed by atoms with E-state index in [9.17, 15) is 0 Å². The van der Waals surface area contributed by atoms with Gasteiger partial charge in [0.2, 0.25) is 5.95 Å². The number of hydrogen-bond donors (Lipinski definition) is 1. The Labute approximate surface area is 124 Å². The third kappa shape index (κ3) is 2.23. The van der Waals surface area contributed by atoms with Gasteiger partial charge in [0.1, 0.15) is 5.75 Å². The molecule has 108 valence electrons. The summed E-state index contributed by atoms with van der Waals surface area (Å²) in [5, 5.41) is 0. The summed E-state index contributed by atoms with van der Waals surface area (Å²) in [5.41, 5.74) is 10.3. The molecule has 2 aromatic carbocycles. The molecule has 0 spiro atoms. The molecule has 0 unspecified atom stereocenters. The molecule has 0 radical (unpaired) electrons. The van der Waals surface area contributed by atoms with E-state index in [0.717, 1.165) is 22.5 Å². The molecule has 21 heavy (non-hydrogen) atoms. The number of methoxy groups -OCH3 is 1. The second kappa shape index (κ2) is 5.13. The van der Waals surface area contributed by atoms with Crippen LogP contribution in [0.25, 0.3) is 16.7 Å². The van der Waals surface area contributed by atoms with Crippen molar-refractivity contribution in [2.75, 3.05) is 12.8 Å². The molecule has 1 aromatic heterocycles. The fraction of sp³-hybridized carbons (Fsp3) is 0.235. The Morgan fingerprint density at radius 1 is 1.14 bits per heavy atom. The molecule has 3 rings (SSSR count). The first-order chi connectivity index (χ1) is 10.1. The first-order valence-corrected chi connectivity index (χ1v) is 7.03. The van der Waals surface area contributed by atoms with Gasteiger partial charge in [0.25, 0.3) is 0 Å². The van der Waals surface area contributed by atoms with Crippen molar-refractivity contribution >= 4 is 17.0 Å². The van der Waals surface area contributed by atoms with E-state index in [1.54, 1.807) is 7.11 Å². The van der Waals surface area contributed by atoms with E-state index in [1.807, 2.05) is 28.8 Å². The molecule has 0 atom stereocenters. The normalized spacial score (nSPS) is 11.2. The molecule has 2 N–H and O–H groups in total. The lowest BCUT2D eigenvalue weighted by Crippen LogP contribution is -2.05. The standard InChI is InChI=1S/C17H19N3O/c1-11(2)13-6-4-5-7-15(13)20-16-10-12(21-3)8-9-14(16)19-17(20)18/h4-11H,1-3H3,(H2,18,19). The maximum absolute atomic E-state index is 6.16. The van der Waals surface area contributed by atoms with Crippen LogP contribution in [0.4, 0.5) is 5.95 Å². The minimum Gasteiger partial charge on any atom is -0.497 e. The number of nitrogens with two attached hydrogens (primary N) is 1. The quantitative estimate of drug-likeness (QED) is 0.795. The van der Waals surface area contributed by atoms with Gasteiger partial charge in [-0.25, -0.2) is 4.98 Å². The lowest BCUT2D eigenvalue weighted by Gasteiger charge is -2.15.